The Kier molecular flexibility index (Phi) is 56.0. The van der Waals surface area contributed by atoms with Gasteiger partial charge in [0.15, 0.2) is 12.6 Å². The molecule has 2 saturated heterocycles. The molecule has 0 radical (unpaired) electrons. The zero-order valence-electron chi connectivity index (χ0n) is 57.0. The molecule has 14 heteroatoms. The lowest BCUT2D eigenvalue weighted by Crippen LogP contribution is -2.65. The van der Waals surface area contributed by atoms with Gasteiger partial charge >= 0.3 is 0 Å². The highest BCUT2D eigenvalue weighted by molar-refractivity contribution is 5.76. The number of allylic oxidation sites excluding steroid dienone is 1. The molecule has 14 nitrogen and oxygen atoms in total. The van der Waals surface area contributed by atoms with E-state index in [0.29, 0.717) is 0 Å². The molecule has 0 spiro atoms. The highest BCUT2D eigenvalue weighted by atomic mass is 16.7. The summed E-state index contributed by atoms with van der Waals surface area (Å²) in [7, 11) is 0. The third-order valence-electron chi connectivity index (χ3n) is 19.0. The van der Waals surface area contributed by atoms with Crippen molar-refractivity contribution in [3.63, 3.8) is 0 Å². The third kappa shape index (κ3) is 42.9. The van der Waals surface area contributed by atoms with Crippen LogP contribution in [0.15, 0.2) is 12.2 Å². The number of amides is 1. The van der Waals surface area contributed by atoms with Crippen molar-refractivity contribution in [1.29, 1.82) is 0 Å². The fourth-order valence-corrected chi connectivity index (χ4v) is 12.9. The zero-order chi connectivity index (χ0) is 63.8. The van der Waals surface area contributed by atoms with Gasteiger partial charge in [-0.1, -0.05) is 347 Å². The van der Waals surface area contributed by atoms with Crippen molar-refractivity contribution in [2.75, 3.05) is 19.8 Å². The van der Waals surface area contributed by atoms with Crippen molar-refractivity contribution < 1.29 is 64.6 Å². The molecule has 0 aromatic heterocycles. The molecule has 2 aliphatic rings. The molecule has 522 valence electrons. The van der Waals surface area contributed by atoms with Gasteiger partial charge in [-0.25, -0.2) is 0 Å². The van der Waals surface area contributed by atoms with Gasteiger partial charge in [0.1, 0.15) is 48.8 Å². The van der Waals surface area contributed by atoms with Crippen molar-refractivity contribution in [1.82, 2.24) is 5.32 Å². The number of aliphatic hydroxyl groups excluding tert-OH is 8. The topological polar surface area (TPSA) is 228 Å². The third-order valence-corrected chi connectivity index (χ3v) is 19.0. The van der Waals surface area contributed by atoms with Crippen LogP contribution in [0.3, 0.4) is 0 Å². The van der Waals surface area contributed by atoms with Crippen LogP contribution in [-0.2, 0) is 23.7 Å². The number of carbonyl (C=O) groups excluding carboxylic acids is 1. The number of hydrogen-bond acceptors (Lipinski definition) is 13. The quantitative estimate of drug-likeness (QED) is 0.0204. The Morgan fingerprint density at radius 1 is 0.398 bits per heavy atom. The number of hydrogen-bond donors (Lipinski definition) is 9. The van der Waals surface area contributed by atoms with Crippen LogP contribution in [0, 0.1) is 0 Å². The predicted molar refractivity (Wildman–Crippen MR) is 360 cm³/mol. The van der Waals surface area contributed by atoms with E-state index in [-0.39, 0.29) is 18.9 Å². The summed E-state index contributed by atoms with van der Waals surface area (Å²) in [5.41, 5.74) is 0. The summed E-state index contributed by atoms with van der Waals surface area (Å²) in [5.74, 6) is -0.229. The maximum absolute atomic E-state index is 13.4. The van der Waals surface area contributed by atoms with Crippen molar-refractivity contribution >= 4 is 5.91 Å². The molecule has 0 bridgehead atoms. The average molecular weight is 1250 g/mol. The van der Waals surface area contributed by atoms with Crippen molar-refractivity contribution in [3.8, 4) is 0 Å². The average Bonchev–Trinajstić information content (AvgIpc) is 1.36. The molecule has 2 rings (SSSR count). The van der Waals surface area contributed by atoms with Gasteiger partial charge in [-0.15, -0.1) is 0 Å². The Balaban J connectivity index is 1.65. The predicted octanol–water partition coefficient (Wildman–Crippen LogP) is 16.1. The second-order valence-corrected chi connectivity index (χ2v) is 27.1. The largest absolute Gasteiger partial charge is 0.394 e. The molecule has 1 amide bonds. The lowest BCUT2D eigenvalue weighted by atomic mass is 9.97. The maximum Gasteiger partial charge on any atom is 0.220 e. The van der Waals surface area contributed by atoms with E-state index in [1.165, 1.54) is 295 Å². The van der Waals surface area contributed by atoms with E-state index in [9.17, 15) is 45.6 Å². The van der Waals surface area contributed by atoms with Crippen LogP contribution in [0.25, 0.3) is 0 Å². The van der Waals surface area contributed by atoms with Gasteiger partial charge in [-0.3, -0.25) is 4.79 Å². The number of rotatable bonds is 64. The Morgan fingerprint density at radius 2 is 0.705 bits per heavy atom. The maximum atomic E-state index is 13.4. The Labute approximate surface area is 539 Å². The molecule has 0 saturated carbocycles. The van der Waals surface area contributed by atoms with Crippen molar-refractivity contribution in [2.24, 2.45) is 0 Å². The molecule has 88 heavy (non-hydrogen) atoms. The Hall–Kier alpha value is -1.27. The van der Waals surface area contributed by atoms with E-state index in [1.807, 2.05) is 6.08 Å². The molecule has 12 unspecified atom stereocenters. The Bertz CT molecular complexity index is 1520. The minimum atomic E-state index is -1.79. The lowest BCUT2D eigenvalue weighted by Gasteiger charge is -2.46. The molecular weight excluding hydrogens is 1110 g/mol. The van der Waals surface area contributed by atoms with Gasteiger partial charge in [0, 0.05) is 6.42 Å². The minimum absolute atomic E-state index is 0.229. The normalized spacial score (nSPS) is 23.1. The highest BCUT2D eigenvalue weighted by Crippen LogP contribution is 2.30. The lowest BCUT2D eigenvalue weighted by molar-refractivity contribution is -0.359. The first-order valence-electron chi connectivity index (χ1n) is 37.9. The number of unbranched alkanes of at least 4 members (excludes halogenated alkanes) is 51. The van der Waals surface area contributed by atoms with Crippen LogP contribution in [-0.4, -0.2) is 140 Å². The van der Waals surface area contributed by atoms with E-state index in [4.69, 9.17) is 18.9 Å². The second kappa shape index (κ2) is 59.5. The first-order chi connectivity index (χ1) is 43.1. The van der Waals surface area contributed by atoms with Crippen LogP contribution in [0.2, 0.25) is 0 Å². The first-order valence-corrected chi connectivity index (χ1v) is 37.9. The standard InChI is InChI=1S/C74H143NO13/c1-3-5-7-9-11-13-15-17-19-21-23-25-27-29-31-33-35-37-39-41-43-45-47-49-51-53-55-57-63(78)62(61-85-73-71(84)69(82)72(65(60-77)87-73)88-74-70(83)68(81)67(80)64(59-76)86-74)75-66(79)58-56-54-52-50-48-46-44-42-40-38-36-34-32-30-28-26-24-22-20-18-16-14-12-10-8-6-4-2/h55,57,62-65,67-74,76-78,80-84H,3-54,56,58-61H2,1-2H3,(H,75,79)/b57-55+. The van der Waals surface area contributed by atoms with Gasteiger partial charge in [0.2, 0.25) is 5.91 Å². The monoisotopic (exact) mass is 1250 g/mol. The summed E-state index contributed by atoms with van der Waals surface area (Å²) in [6.07, 6.45) is 57.1. The zero-order valence-corrected chi connectivity index (χ0v) is 57.0. The summed E-state index contributed by atoms with van der Waals surface area (Å²) in [6.45, 7) is 2.87. The molecule has 12 atom stereocenters. The van der Waals surface area contributed by atoms with Crippen LogP contribution < -0.4 is 5.32 Å². The van der Waals surface area contributed by atoms with E-state index in [0.717, 1.165) is 44.9 Å². The van der Waals surface area contributed by atoms with E-state index in [1.54, 1.807) is 6.08 Å². The van der Waals surface area contributed by atoms with Crippen molar-refractivity contribution in [2.45, 2.75) is 434 Å². The molecule has 2 fully saturated rings. The van der Waals surface area contributed by atoms with Gasteiger partial charge in [0.25, 0.3) is 0 Å². The van der Waals surface area contributed by atoms with Crippen molar-refractivity contribution in [3.05, 3.63) is 12.2 Å². The highest BCUT2D eigenvalue weighted by Gasteiger charge is 2.51. The summed E-state index contributed by atoms with van der Waals surface area (Å²) < 4.78 is 22.9. The van der Waals surface area contributed by atoms with Crippen LogP contribution in [0.5, 0.6) is 0 Å². The summed E-state index contributed by atoms with van der Waals surface area (Å²) in [4.78, 5) is 13.4. The first kappa shape index (κ1) is 82.8. The fraction of sp³-hybridized carbons (Fsp3) is 0.959. The summed E-state index contributed by atoms with van der Waals surface area (Å²) >= 11 is 0. The Morgan fingerprint density at radius 3 is 1.05 bits per heavy atom. The molecule has 0 aliphatic carbocycles. The van der Waals surface area contributed by atoms with E-state index < -0.39 is 86.8 Å². The van der Waals surface area contributed by atoms with Crippen LogP contribution >= 0.6 is 0 Å². The van der Waals surface area contributed by atoms with E-state index >= 15 is 0 Å². The molecule has 2 aliphatic heterocycles. The number of ether oxygens (including phenoxy) is 4. The molecule has 2 heterocycles. The van der Waals surface area contributed by atoms with Gasteiger partial charge in [-0.2, -0.15) is 0 Å². The molecule has 9 N–H and O–H groups in total. The molecule has 0 aromatic carbocycles. The SMILES string of the molecule is CCCCCCCCCCCCCCCCCCCCCCCCCCC/C=C/C(O)C(COC1OC(CO)C(OC2OC(CO)C(O)C(O)C2O)C(O)C1O)NC(=O)CCCCCCCCCCCCCCCCCCCCCCCCCCCCC. The van der Waals surface area contributed by atoms with E-state index in [2.05, 4.69) is 19.2 Å². The van der Waals surface area contributed by atoms with Gasteiger partial charge in [-0.05, 0) is 19.3 Å². The summed E-state index contributed by atoms with van der Waals surface area (Å²) in [5, 5.41) is 87.6. The molecule has 0 aromatic rings. The van der Waals surface area contributed by atoms with Gasteiger partial charge < -0.3 is 65.1 Å². The molecular formula is C74H143NO13. The van der Waals surface area contributed by atoms with Gasteiger partial charge in [0.05, 0.1) is 32.0 Å². The minimum Gasteiger partial charge on any atom is -0.394 e. The summed E-state index contributed by atoms with van der Waals surface area (Å²) in [6, 6.07) is -0.912. The number of aliphatic hydroxyl groups is 8. The number of carbonyl (C=O) groups is 1. The number of nitrogens with one attached hydrogen (secondary N) is 1. The fourth-order valence-electron chi connectivity index (χ4n) is 12.9. The van der Waals surface area contributed by atoms with Crippen LogP contribution in [0.1, 0.15) is 361 Å². The second-order valence-electron chi connectivity index (χ2n) is 27.1. The smallest absolute Gasteiger partial charge is 0.220 e. The van der Waals surface area contributed by atoms with Crippen LogP contribution in [0.4, 0.5) is 0 Å².